The Balaban J connectivity index is 2.74. The molecule has 1 aromatic heterocycles. The maximum atomic E-state index is 11.6. The number of carbonyl (C=O) groups excluding carboxylic acids is 1. The number of esters is 1. The number of nitrogens with zero attached hydrogens (tertiary/aromatic N) is 1. The number of hydrogen-bond acceptors (Lipinski definition) is 4. The average Bonchev–Trinajstić information content (AvgIpc) is 2.65. The van der Waals surface area contributed by atoms with Crippen molar-refractivity contribution in [3.05, 3.63) is 28.7 Å². The minimum absolute atomic E-state index is 0.255. The van der Waals surface area contributed by atoms with E-state index < -0.39 is 0 Å². The number of rotatable bonds is 4. The molecule has 0 aromatic carbocycles. The normalized spacial score (nSPS) is 12.1. The minimum atomic E-state index is -0.309. The van der Waals surface area contributed by atoms with Crippen LogP contribution in [-0.4, -0.2) is 17.1 Å². The average molecular weight is 211 g/mol. The lowest BCUT2D eigenvalue weighted by molar-refractivity contribution is 0.0429. The predicted molar refractivity (Wildman–Crippen MR) is 56.6 cm³/mol. The summed E-state index contributed by atoms with van der Waals surface area (Å²) in [5.41, 5.74) is 2.46. The van der Waals surface area contributed by atoms with Gasteiger partial charge in [-0.05, 0) is 13.3 Å². The molecule has 3 nitrogen and oxygen atoms in total. The Bertz CT molecular complexity index is 333. The smallest absolute Gasteiger partial charge is 0.350 e. The second-order valence-corrected chi connectivity index (χ2v) is 3.68. The molecule has 0 amide bonds. The standard InChI is InChI=1S/C10H13NO2S/c1-4-7(3)13-10(12)9-8(5-2)11-6-14-9/h4,6-7H,1,5H2,2-3H3. The van der Waals surface area contributed by atoms with Gasteiger partial charge >= 0.3 is 5.97 Å². The van der Waals surface area contributed by atoms with Crippen LogP contribution in [0, 0.1) is 0 Å². The van der Waals surface area contributed by atoms with Crippen molar-refractivity contribution < 1.29 is 9.53 Å². The molecule has 76 valence electrons. The summed E-state index contributed by atoms with van der Waals surface area (Å²) in [4.78, 5) is 16.2. The molecular weight excluding hydrogens is 198 g/mol. The quantitative estimate of drug-likeness (QED) is 0.567. The first-order valence-corrected chi connectivity index (χ1v) is 5.32. The molecule has 0 aliphatic carbocycles. The number of carbonyl (C=O) groups is 1. The van der Waals surface area contributed by atoms with Crippen molar-refractivity contribution in [1.82, 2.24) is 4.98 Å². The van der Waals surface area contributed by atoms with E-state index in [0.717, 1.165) is 12.1 Å². The number of ether oxygens (including phenoxy) is 1. The summed E-state index contributed by atoms with van der Waals surface area (Å²) in [6.45, 7) is 7.28. The van der Waals surface area contributed by atoms with Gasteiger partial charge in [0.25, 0.3) is 0 Å². The predicted octanol–water partition coefficient (Wildman–Crippen LogP) is 2.44. The number of thiazole rings is 1. The third kappa shape index (κ3) is 2.42. The van der Waals surface area contributed by atoms with Crippen LogP contribution in [0.3, 0.4) is 0 Å². The van der Waals surface area contributed by atoms with Crippen LogP contribution in [0.5, 0.6) is 0 Å². The zero-order chi connectivity index (χ0) is 10.6. The first-order valence-electron chi connectivity index (χ1n) is 4.45. The Labute approximate surface area is 87.4 Å². The molecule has 0 radical (unpaired) electrons. The highest BCUT2D eigenvalue weighted by Gasteiger charge is 2.16. The topological polar surface area (TPSA) is 39.2 Å². The van der Waals surface area contributed by atoms with E-state index in [9.17, 15) is 4.79 Å². The maximum Gasteiger partial charge on any atom is 0.350 e. The lowest BCUT2D eigenvalue weighted by Gasteiger charge is -2.07. The summed E-state index contributed by atoms with van der Waals surface area (Å²) in [6.07, 6.45) is 2.08. The summed E-state index contributed by atoms with van der Waals surface area (Å²) >= 11 is 1.31. The van der Waals surface area contributed by atoms with Crippen LogP contribution in [0.1, 0.15) is 29.2 Å². The lowest BCUT2D eigenvalue weighted by Crippen LogP contribution is -2.12. The van der Waals surface area contributed by atoms with E-state index in [2.05, 4.69) is 11.6 Å². The van der Waals surface area contributed by atoms with Gasteiger partial charge in [0.15, 0.2) is 0 Å². The van der Waals surface area contributed by atoms with Crippen molar-refractivity contribution in [2.24, 2.45) is 0 Å². The van der Waals surface area contributed by atoms with Crippen LogP contribution in [0.2, 0.25) is 0 Å². The van der Waals surface area contributed by atoms with Crippen LogP contribution in [0.4, 0.5) is 0 Å². The molecule has 1 aromatic rings. The molecule has 0 aliphatic rings. The van der Waals surface area contributed by atoms with Gasteiger partial charge in [-0.1, -0.05) is 19.6 Å². The van der Waals surface area contributed by atoms with Crippen molar-refractivity contribution in [1.29, 1.82) is 0 Å². The highest BCUT2D eigenvalue weighted by Crippen LogP contribution is 2.16. The number of aryl methyl sites for hydroxylation is 1. The van der Waals surface area contributed by atoms with Gasteiger partial charge in [0, 0.05) is 0 Å². The van der Waals surface area contributed by atoms with Gasteiger partial charge in [0.1, 0.15) is 11.0 Å². The zero-order valence-corrected chi connectivity index (χ0v) is 9.13. The summed E-state index contributed by atoms with van der Waals surface area (Å²) in [6, 6.07) is 0. The third-order valence-electron chi connectivity index (χ3n) is 1.79. The monoisotopic (exact) mass is 211 g/mol. The Hall–Kier alpha value is -1.16. The van der Waals surface area contributed by atoms with E-state index in [4.69, 9.17) is 4.74 Å². The molecular formula is C10H13NO2S. The molecule has 1 unspecified atom stereocenters. The third-order valence-corrected chi connectivity index (χ3v) is 2.64. The van der Waals surface area contributed by atoms with E-state index in [0.29, 0.717) is 4.88 Å². The Morgan fingerprint density at radius 1 is 1.86 bits per heavy atom. The molecule has 0 saturated heterocycles. The Kier molecular flexibility index (Phi) is 3.83. The molecule has 0 spiro atoms. The number of aromatic nitrogens is 1. The Morgan fingerprint density at radius 3 is 3.14 bits per heavy atom. The fourth-order valence-corrected chi connectivity index (χ4v) is 1.72. The molecule has 1 rings (SSSR count). The second kappa shape index (κ2) is 4.91. The molecule has 14 heavy (non-hydrogen) atoms. The van der Waals surface area contributed by atoms with Crippen molar-refractivity contribution in [3.8, 4) is 0 Å². The first-order chi connectivity index (χ1) is 6.69. The second-order valence-electron chi connectivity index (χ2n) is 2.83. The summed E-state index contributed by atoms with van der Waals surface area (Å²) in [5, 5.41) is 0. The van der Waals surface area contributed by atoms with Gasteiger partial charge in [-0.3, -0.25) is 0 Å². The van der Waals surface area contributed by atoms with Crippen molar-refractivity contribution in [3.63, 3.8) is 0 Å². The molecule has 0 aliphatic heterocycles. The van der Waals surface area contributed by atoms with Crippen LogP contribution in [-0.2, 0) is 11.2 Å². The van der Waals surface area contributed by atoms with Gasteiger partial charge in [0.2, 0.25) is 0 Å². The molecule has 0 bridgehead atoms. The molecule has 1 atom stereocenters. The highest BCUT2D eigenvalue weighted by molar-refractivity contribution is 7.11. The van der Waals surface area contributed by atoms with Gasteiger partial charge in [-0.25, -0.2) is 9.78 Å². The fraction of sp³-hybridized carbons (Fsp3) is 0.400. The molecule has 0 fully saturated rings. The van der Waals surface area contributed by atoms with Gasteiger partial charge in [0.05, 0.1) is 11.2 Å². The van der Waals surface area contributed by atoms with Gasteiger partial charge < -0.3 is 4.74 Å². The summed E-state index contributed by atoms with van der Waals surface area (Å²) in [5.74, 6) is -0.309. The summed E-state index contributed by atoms with van der Waals surface area (Å²) < 4.78 is 5.10. The van der Waals surface area contributed by atoms with Crippen LogP contribution in [0.15, 0.2) is 18.2 Å². The number of hydrogen-bond donors (Lipinski definition) is 0. The molecule has 0 saturated carbocycles. The largest absolute Gasteiger partial charge is 0.454 e. The SMILES string of the molecule is C=CC(C)OC(=O)c1scnc1CC. The van der Waals surface area contributed by atoms with Crippen LogP contribution in [0.25, 0.3) is 0 Å². The van der Waals surface area contributed by atoms with Gasteiger partial charge in [-0.15, -0.1) is 11.3 Å². The van der Waals surface area contributed by atoms with Crippen molar-refractivity contribution in [2.75, 3.05) is 0 Å². The molecule has 4 heteroatoms. The molecule has 0 N–H and O–H groups in total. The van der Waals surface area contributed by atoms with E-state index in [1.807, 2.05) is 6.92 Å². The maximum absolute atomic E-state index is 11.6. The molecule has 1 heterocycles. The first kappa shape index (κ1) is 10.9. The van der Waals surface area contributed by atoms with Crippen LogP contribution >= 0.6 is 11.3 Å². The van der Waals surface area contributed by atoms with Crippen molar-refractivity contribution in [2.45, 2.75) is 26.4 Å². The van der Waals surface area contributed by atoms with E-state index >= 15 is 0 Å². The lowest BCUT2D eigenvalue weighted by atomic mass is 10.3. The Morgan fingerprint density at radius 2 is 2.57 bits per heavy atom. The van der Waals surface area contributed by atoms with Crippen LogP contribution < -0.4 is 0 Å². The zero-order valence-electron chi connectivity index (χ0n) is 8.32. The minimum Gasteiger partial charge on any atom is -0.454 e. The van der Waals surface area contributed by atoms with E-state index in [1.165, 1.54) is 11.3 Å². The van der Waals surface area contributed by atoms with Crippen molar-refractivity contribution >= 4 is 17.3 Å². The van der Waals surface area contributed by atoms with Gasteiger partial charge in [-0.2, -0.15) is 0 Å². The van der Waals surface area contributed by atoms with E-state index in [1.54, 1.807) is 18.5 Å². The summed E-state index contributed by atoms with van der Waals surface area (Å²) in [7, 11) is 0. The highest BCUT2D eigenvalue weighted by atomic mass is 32.1. The fourth-order valence-electron chi connectivity index (χ4n) is 0.958. The van der Waals surface area contributed by atoms with E-state index in [-0.39, 0.29) is 12.1 Å².